The van der Waals surface area contributed by atoms with Gasteiger partial charge in [0.1, 0.15) is 5.69 Å². The molecule has 0 spiro atoms. The van der Waals surface area contributed by atoms with Crippen molar-refractivity contribution in [3.8, 4) is 0 Å². The first-order chi connectivity index (χ1) is 6.79. The molecule has 0 fully saturated rings. The van der Waals surface area contributed by atoms with Crippen LogP contribution in [0.3, 0.4) is 0 Å². The van der Waals surface area contributed by atoms with E-state index in [1.54, 1.807) is 12.3 Å². The van der Waals surface area contributed by atoms with Gasteiger partial charge in [-0.1, -0.05) is 26.3 Å². The lowest BCUT2D eigenvalue weighted by Crippen LogP contribution is -2.14. The standard InChI is InChI=1S/C12H17NO/c1-3-7-10(4-2)12(14)11-8-5-6-9-13-11/h5-6,8-10H,3-4,7H2,1-2H3. The van der Waals surface area contributed by atoms with Gasteiger partial charge in [-0.3, -0.25) is 9.78 Å². The van der Waals surface area contributed by atoms with E-state index in [9.17, 15) is 4.79 Å². The minimum absolute atomic E-state index is 0.148. The van der Waals surface area contributed by atoms with Crippen molar-refractivity contribution < 1.29 is 4.79 Å². The third kappa shape index (κ3) is 2.66. The summed E-state index contributed by atoms with van der Waals surface area (Å²) in [5, 5.41) is 0. The maximum absolute atomic E-state index is 11.9. The Morgan fingerprint density at radius 1 is 1.43 bits per heavy atom. The van der Waals surface area contributed by atoms with Crippen molar-refractivity contribution in [1.29, 1.82) is 0 Å². The van der Waals surface area contributed by atoms with Crippen LogP contribution in [0.2, 0.25) is 0 Å². The molecule has 0 aliphatic carbocycles. The Hall–Kier alpha value is -1.18. The second-order valence-corrected chi connectivity index (χ2v) is 3.47. The highest BCUT2D eigenvalue weighted by atomic mass is 16.1. The Morgan fingerprint density at radius 3 is 2.71 bits per heavy atom. The summed E-state index contributed by atoms with van der Waals surface area (Å²) in [4.78, 5) is 16.0. The fourth-order valence-electron chi connectivity index (χ4n) is 1.59. The lowest BCUT2D eigenvalue weighted by atomic mass is 9.94. The predicted molar refractivity (Wildman–Crippen MR) is 57.3 cm³/mol. The summed E-state index contributed by atoms with van der Waals surface area (Å²) in [6, 6.07) is 5.48. The molecule has 0 aliphatic heterocycles. The number of rotatable bonds is 5. The number of hydrogen-bond donors (Lipinski definition) is 0. The summed E-state index contributed by atoms with van der Waals surface area (Å²) in [7, 11) is 0. The van der Waals surface area contributed by atoms with Gasteiger partial charge in [0.05, 0.1) is 0 Å². The monoisotopic (exact) mass is 191 g/mol. The molecule has 1 aromatic heterocycles. The van der Waals surface area contributed by atoms with E-state index in [1.165, 1.54) is 0 Å². The van der Waals surface area contributed by atoms with E-state index < -0.39 is 0 Å². The normalized spacial score (nSPS) is 12.4. The fourth-order valence-corrected chi connectivity index (χ4v) is 1.59. The molecular formula is C12H17NO. The Kier molecular flexibility index (Phi) is 4.30. The van der Waals surface area contributed by atoms with Gasteiger partial charge in [0.15, 0.2) is 5.78 Å². The first kappa shape index (κ1) is 10.9. The Balaban J connectivity index is 2.73. The molecule has 2 heteroatoms. The molecular weight excluding hydrogens is 174 g/mol. The third-order valence-corrected chi connectivity index (χ3v) is 2.42. The lowest BCUT2D eigenvalue weighted by Gasteiger charge is -2.11. The lowest BCUT2D eigenvalue weighted by molar-refractivity contribution is 0.0904. The van der Waals surface area contributed by atoms with Gasteiger partial charge in [-0.15, -0.1) is 0 Å². The van der Waals surface area contributed by atoms with Gasteiger partial charge in [0.25, 0.3) is 0 Å². The zero-order valence-electron chi connectivity index (χ0n) is 8.86. The van der Waals surface area contributed by atoms with Crippen LogP contribution in [0.4, 0.5) is 0 Å². The zero-order valence-corrected chi connectivity index (χ0v) is 8.86. The summed E-state index contributed by atoms with van der Waals surface area (Å²) in [5.74, 6) is 0.338. The topological polar surface area (TPSA) is 30.0 Å². The summed E-state index contributed by atoms with van der Waals surface area (Å²) in [5.41, 5.74) is 0.604. The Morgan fingerprint density at radius 2 is 2.21 bits per heavy atom. The van der Waals surface area contributed by atoms with Gasteiger partial charge >= 0.3 is 0 Å². The molecule has 1 atom stereocenters. The van der Waals surface area contributed by atoms with Crippen LogP contribution in [0.1, 0.15) is 43.6 Å². The number of carbonyl (C=O) groups is 1. The highest BCUT2D eigenvalue weighted by Gasteiger charge is 2.17. The van der Waals surface area contributed by atoms with Gasteiger partial charge < -0.3 is 0 Å². The molecule has 0 aliphatic rings. The van der Waals surface area contributed by atoms with Crippen LogP contribution in [0, 0.1) is 5.92 Å². The molecule has 0 bridgehead atoms. The van der Waals surface area contributed by atoms with Crippen molar-refractivity contribution >= 4 is 5.78 Å². The number of hydrogen-bond acceptors (Lipinski definition) is 2. The minimum atomic E-state index is 0.148. The first-order valence-corrected chi connectivity index (χ1v) is 5.24. The molecule has 0 saturated carbocycles. The smallest absolute Gasteiger partial charge is 0.184 e. The van der Waals surface area contributed by atoms with Crippen LogP contribution >= 0.6 is 0 Å². The van der Waals surface area contributed by atoms with Crippen LogP contribution in [-0.2, 0) is 0 Å². The largest absolute Gasteiger partial charge is 0.292 e. The van der Waals surface area contributed by atoms with E-state index in [-0.39, 0.29) is 11.7 Å². The molecule has 0 aromatic carbocycles. The molecule has 14 heavy (non-hydrogen) atoms. The molecule has 1 unspecified atom stereocenters. The average molecular weight is 191 g/mol. The maximum atomic E-state index is 11.9. The molecule has 0 radical (unpaired) electrons. The SMILES string of the molecule is CCCC(CC)C(=O)c1ccccn1. The Bertz CT molecular complexity index is 282. The second-order valence-electron chi connectivity index (χ2n) is 3.47. The number of aromatic nitrogens is 1. The van der Waals surface area contributed by atoms with E-state index in [1.807, 2.05) is 12.1 Å². The van der Waals surface area contributed by atoms with Crippen molar-refractivity contribution in [2.75, 3.05) is 0 Å². The minimum Gasteiger partial charge on any atom is -0.292 e. The molecule has 1 aromatic rings. The van der Waals surface area contributed by atoms with E-state index in [0.717, 1.165) is 19.3 Å². The Labute approximate surface area is 85.4 Å². The molecule has 0 amide bonds. The second kappa shape index (κ2) is 5.53. The van der Waals surface area contributed by atoms with Gasteiger partial charge in [0.2, 0.25) is 0 Å². The molecule has 2 nitrogen and oxygen atoms in total. The molecule has 1 rings (SSSR count). The van der Waals surface area contributed by atoms with Crippen LogP contribution in [0.25, 0.3) is 0 Å². The van der Waals surface area contributed by atoms with E-state index in [4.69, 9.17) is 0 Å². The van der Waals surface area contributed by atoms with Gasteiger partial charge in [-0.25, -0.2) is 0 Å². The van der Waals surface area contributed by atoms with Crippen molar-refractivity contribution in [1.82, 2.24) is 4.98 Å². The van der Waals surface area contributed by atoms with Crippen molar-refractivity contribution in [3.05, 3.63) is 30.1 Å². The third-order valence-electron chi connectivity index (χ3n) is 2.42. The quantitative estimate of drug-likeness (QED) is 0.669. The van der Waals surface area contributed by atoms with Crippen LogP contribution in [0.15, 0.2) is 24.4 Å². The molecule has 0 saturated heterocycles. The van der Waals surface area contributed by atoms with Crippen molar-refractivity contribution in [2.24, 2.45) is 5.92 Å². The van der Waals surface area contributed by atoms with E-state index in [2.05, 4.69) is 18.8 Å². The first-order valence-electron chi connectivity index (χ1n) is 5.24. The predicted octanol–water partition coefficient (Wildman–Crippen LogP) is 3.09. The summed E-state index contributed by atoms with van der Waals surface area (Å²) in [6.07, 6.45) is 4.60. The number of ketones is 1. The summed E-state index contributed by atoms with van der Waals surface area (Å²) < 4.78 is 0. The van der Waals surface area contributed by atoms with E-state index >= 15 is 0 Å². The highest BCUT2D eigenvalue weighted by molar-refractivity contribution is 5.95. The molecule has 1 heterocycles. The summed E-state index contributed by atoms with van der Waals surface area (Å²) >= 11 is 0. The highest BCUT2D eigenvalue weighted by Crippen LogP contribution is 2.15. The fraction of sp³-hybridized carbons (Fsp3) is 0.500. The maximum Gasteiger partial charge on any atom is 0.184 e. The van der Waals surface area contributed by atoms with Crippen LogP contribution in [0.5, 0.6) is 0 Å². The summed E-state index contributed by atoms with van der Waals surface area (Å²) in [6.45, 7) is 4.16. The number of nitrogens with zero attached hydrogens (tertiary/aromatic N) is 1. The number of pyridine rings is 1. The molecule has 76 valence electrons. The number of Topliss-reactive ketones (excluding diaryl/α,β-unsaturated/α-hetero) is 1. The molecule has 0 N–H and O–H groups in total. The van der Waals surface area contributed by atoms with Crippen LogP contribution < -0.4 is 0 Å². The van der Waals surface area contributed by atoms with E-state index in [0.29, 0.717) is 5.69 Å². The van der Waals surface area contributed by atoms with Crippen LogP contribution in [-0.4, -0.2) is 10.8 Å². The van der Waals surface area contributed by atoms with Gasteiger partial charge in [-0.2, -0.15) is 0 Å². The van der Waals surface area contributed by atoms with Crippen molar-refractivity contribution in [2.45, 2.75) is 33.1 Å². The number of carbonyl (C=O) groups excluding carboxylic acids is 1. The average Bonchev–Trinajstić information content (AvgIpc) is 2.26. The zero-order chi connectivity index (χ0) is 10.4. The van der Waals surface area contributed by atoms with Crippen molar-refractivity contribution in [3.63, 3.8) is 0 Å². The van der Waals surface area contributed by atoms with Gasteiger partial charge in [-0.05, 0) is 25.0 Å². The van der Waals surface area contributed by atoms with Gasteiger partial charge in [0, 0.05) is 12.1 Å².